The molecule has 2 N–H and O–H groups in total. The van der Waals surface area contributed by atoms with E-state index >= 15 is 0 Å². The smallest absolute Gasteiger partial charge is 0.0333 e. The van der Waals surface area contributed by atoms with E-state index in [9.17, 15) is 0 Å². The van der Waals surface area contributed by atoms with Gasteiger partial charge in [-0.2, -0.15) is 0 Å². The van der Waals surface area contributed by atoms with E-state index in [-0.39, 0.29) is 0 Å². The molecule has 0 aromatic carbocycles. The fourth-order valence-corrected chi connectivity index (χ4v) is 3.87. The molecule has 1 saturated heterocycles. The Hall–Kier alpha value is -0.0800. The monoisotopic (exact) mass is 208 g/mol. The van der Waals surface area contributed by atoms with Gasteiger partial charge in [-0.15, -0.1) is 0 Å². The van der Waals surface area contributed by atoms with Crippen LogP contribution in [0.1, 0.15) is 51.4 Å². The van der Waals surface area contributed by atoms with Gasteiger partial charge in [0.1, 0.15) is 0 Å². The molecule has 3 rings (SSSR count). The molecule has 15 heavy (non-hydrogen) atoms. The first-order valence-corrected chi connectivity index (χ1v) is 6.74. The summed E-state index contributed by atoms with van der Waals surface area (Å²) in [4.78, 5) is 2.70. The van der Waals surface area contributed by atoms with Crippen molar-refractivity contribution in [3.8, 4) is 0 Å². The van der Waals surface area contributed by atoms with Gasteiger partial charge in [0.15, 0.2) is 0 Å². The Bertz CT molecular complexity index is 229. The zero-order chi connectivity index (χ0) is 10.4. The molecule has 0 radical (unpaired) electrons. The molecule has 2 saturated carbocycles. The molecule has 0 amide bonds. The Morgan fingerprint density at radius 3 is 1.93 bits per heavy atom. The minimum absolute atomic E-state index is 0.459. The van der Waals surface area contributed by atoms with Crippen LogP contribution in [0, 0.1) is 5.41 Å². The van der Waals surface area contributed by atoms with Crippen molar-refractivity contribution in [1.29, 1.82) is 0 Å². The normalized spacial score (nSPS) is 33.4. The molecule has 86 valence electrons. The Balaban J connectivity index is 1.61. The van der Waals surface area contributed by atoms with Crippen LogP contribution in [0.2, 0.25) is 0 Å². The minimum atomic E-state index is 0.459. The number of likely N-dealkylation sites (tertiary alicyclic amines) is 1. The van der Waals surface area contributed by atoms with Crippen LogP contribution in [0.5, 0.6) is 0 Å². The number of nitrogens with two attached hydrogens (primary N) is 1. The lowest BCUT2D eigenvalue weighted by atomic mass is 9.76. The number of nitrogens with zero attached hydrogens (tertiary/aromatic N) is 1. The molecule has 2 heteroatoms. The summed E-state index contributed by atoms with van der Waals surface area (Å²) in [5, 5.41) is 0. The van der Waals surface area contributed by atoms with E-state index in [2.05, 4.69) is 4.90 Å². The molecule has 0 aromatic heterocycles. The Kier molecular flexibility index (Phi) is 2.33. The summed E-state index contributed by atoms with van der Waals surface area (Å²) in [6.45, 7) is 3.55. The molecule has 1 aliphatic heterocycles. The molecule has 1 spiro atoms. The Morgan fingerprint density at radius 2 is 1.47 bits per heavy atom. The molecule has 3 aliphatic rings. The lowest BCUT2D eigenvalue weighted by Crippen LogP contribution is -2.49. The summed E-state index contributed by atoms with van der Waals surface area (Å²) in [7, 11) is 0. The van der Waals surface area contributed by atoms with Gasteiger partial charge in [0.05, 0.1) is 0 Å². The number of hydrogen-bond acceptors (Lipinski definition) is 2. The van der Waals surface area contributed by atoms with Gasteiger partial charge in [0, 0.05) is 12.1 Å². The van der Waals surface area contributed by atoms with Crippen LogP contribution in [0.25, 0.3) is 0 Å². The molecule has 0 bridgehead atoms. The molecule has 3 fully saturated rings. The number of hydrogen-bond donors (Lipinski definition) is 1. The minimum Gasteiger partial charge on any atom is -0.329 e. The van der Waals surface area contributed by atoms with Crippen LogP contribution in [0.15, 0.2) is 0 Å². The van der Waals surface area contributed by atoms with E-state index < -0.39 is 0 Å². The highest BCUT2D eigenvalue weighted by molar-refractivity contribution is 5.06. The summed E-state index contributed by atoms with van der Waals surface area (Å²) >= 11 is 0. The largest absolute Gasteiger partial charge is 0.329 e. The van der Waals surface area contributed by atoms with Crippen LogP contribution in [-0.4, -0.2) is 30.1 Å². The van der Waals surface area contributed by atoms with E-state index in [1.165, 1.54) is 64.5 Å². The average molecular weight is 208 g/mol. The summed E-state index contributed by atoms with van der Waals surface area (Å²) in [5.74, 6) is 0. The van der Waals surface area contributed by atoms with Gasteiger partial charge in [-0.05, 0) is 57.0 Å². The number of piperidine rings is 1. The van der Waals surface area contributed by atoms with Crippen LogP contribution < -0.4 is 5.73 Å². The van der Waals surface area contributed by atoms with Crippen molar-refractivity contribution in [3.05, 3.63) is 0 Å². The summed E-state index contributed by atoms with van der Waals surface area (Å²) in [6, 6.07) is 0. The first kappa shape index (κ1) is 10.1. The zero-order valence-electron chi connectivity index (χ0n) is 9.80. The molecule has 1 heterocycles. The highest BCUT2D eigenvalue weighted by Crippen LogP contribution is 2.50. The van der Waals surface area contributed by atoms with Gasteiger partial charge in [0.2, 0.25) is 0 Å². The van der Waals surface area contributed by atoms with Crippen molar-refractivity contribution in [2.45, 2.75) is 56.9 Å². The Labute approximate surface area is 93.2 Å². The third kappa shape index (κ3) is 1.62. The van der Waals surface area contributed by atoms with Crippen LogP contribution in [0.4, 0.5) is 0 Å². The standard InChI is InChI=1S/C13H24N2/c14-11-13(5-6-13)15-9-7-12(8-10-15)3-1-2-4-12/h1-11,14H2. The predicted molar refractivity (Wildman–Crippen MR) is 62.7 cm³/mol. The van der Waals surface area contributed by atoms with Crippen molar-refractivity contribution in [2.75, 3.05) is 19.6 Å². The molecule has 2 aliphatic carbocycles. The van der Waals surface area contributed by atoms with Crippen molar-refractivity contribution in [1.82, 2.24) is 4.90 Å². The van der Waals surface area contributed by atoms with Crippen LogP contribution in [-0.2, 0) is 0 Å². The maximum absolute atomic E-state index is 5.90. The maximum atomic E-state index is 5.90. The van der Waals surface area contributed by atoms with Gasteiger partial charge in [-0.1, -0.05) is 12.8 Å². The third-order valence-corrected chi connectivity index (χ3v) is 5.37. The van der Waals surface area contributed by atoms with Crippen molar-refractivity contribution in [3.63, 3.8) is 0 Å². The maximum Gasteiger partial charge on any atom is 0.0333 e. The average Bonchev–Trinajstić information content (AvgIpc) is 2.96. The van der Waals surface area contributed by atoms with Gasteiger partial charge >= 0.3 is 0 Å². The van der Waals surface area contributed by atoms with Crippen molar-refractivity contribution >= 4 is 0 Å². The highest BCUT2D eigenvalue weighted by Gasteiger charge is 2.49. The van der Waals surface area contributed by atoms with Crippen LogP contribution in [0.3, 0.4) is 0 Å². The Morgan fingerprint density at radius 1 is 0.867 bits per heavy atom. The molecule has 2 nitrogen and oxygen atoms in total. The molecule has 0 unspecified atom stereocenters. The van der Waals surface area contributed by atoms with E-state index in [1.54, 1.807) is 0 Å². The molecular formula is C13H24N2. The highest BCUT2D eigenvalue weighted by atomic mass is 15.2. The second kappa shape index (κ2) is 3.46. The van der Waals surface area contributed by atoms with E-state index in [0.29, 0.717) is 5.54 Å². The summed E-state index contributed by atoms with van der Waals surface area (Å²) < 4.78 is 0. The fourth-order valence-electron chi connectivity index (χ4n) is 3.87. The second-order valence-electron chi connectivity index (χ2n) is 6.12. The SMILES string of the molecule is NCC1(N2CCC3(CCCC3)CC2)CC1. The summed E-state index contributed by atoms with van der Waals surface area (Å²) in [5.41, 5.74) is 7.13. The molecule has 0 aromatic rings. The molecule has 0 atom stereocenters. The van der Waals surface area contributed by atoms with E-state index in [4.69, 9.17) is 5.73 Å². The summed E-state index contributed by atoms with van der Waals surface area (Å²) in [6.07, 6.45) is 11.6. The lowest BCUT2D eigenvalue weighted by molar-refractivity contribution is 0.0686. The topological polar surface area (TPSA) is 29.3 Å². The lowest BCUT2D eigenvalue weighted by Gasteiger charge is -2.43. The quantitative estimate of drug-likeness (QED) is 0.753. The molecular weight excluding hydrogens is 184 g/mol. The first-order valence-electron chi connectivity index (χ1n) is 6.74. The van der Waals surface area contributed by atoms with E-state index in [1.807, 2.05) is 0 Å². The van der Waals surface area contributed by atoms with Crippen molar-refractivity contribution < 1.29 is 0 Å². The van der Waals surface area contributed by atoms with E-state index in [0.717, 1.165) is 12.0 Å². The number of rotatable bonds is 2. The van der Waals surface area contributed by atoms with Crippen molar-refractivity contribution in [2.24, 2.45) is 11.1 Å². The zero-order valence-corrected chi connectivity index (χ0v) is 9.80. The van der Waals surface area contributed by atoms with Gasteiger partial charge in [0.25, 0.3) is 0 Å². The third-order valence-electron chi connectivity index (χ3n) is 5.37. The van der Waals surface area contributed by atoms with Gasteiger partial charge in [-0.25, -0.2) is 0 Å². The first-order chi connectivity index (χ1) is 7.29. The van der Waals surface area contributed by atoms with Gasteiger partial charge in [-0.3, -0.25) is 4.90 Å². The predicted octanol–water partition coefficient (Wildman–Crippen LogP) is 2.13. The van der Waals surface area contributed by atoms with Gasteiger partial charge < -0.3 is 5.73 Å². The van der Waals surface area contributed by atoms with Crippen LogP contribution >= 0.6 is 0 Å². The second-order valence-corrected chi connectivity index (χ2v) is 6.12. The fraction of sp³-hybridized carbons (Fsp3) is 1.00.